The summed E-state index contributed by atoms with van der Waals surface area (Å²) in [6.45, 7) is 13.5. The normalized spacial score (nSPS) is 23.1. The number of benzene rings is 1. The first-order valence-corrected chi connectivity index (χ1v) is 13.6. The molecule has 198 valence electrons. The molecular formula is C29H49N3O3. The molecule has 0 radical (unpaired) electrons. The zero-order valence-corrected chi connectivity index (χ0v) is 23.0. The fourth-order valence-electron chi connectivity index (χ4n) is 6.58. The zero-order chi connectivity index (χ0) is 25.6. The lowest BCUT2D eigenvalue weighted by atomic mass is 9.71. The smallest absolute Gasteiger partial charge is 0.412 e. The molecule has 2 unspecified atom stereocenters. The summed E-state index contributed by atoms with van der Waals surface area (Å²) in [7, 11) is 1.61. The van der Waals surface area contributed by atoms with E-state index in [4.69, 9.17) is 15.2 Å². The molecule has 3 N–H and O–H groups in total. The standard InChI is InChI=1S/C29H49N3O3/c1-21-11-12-26(34-6)25(17-21)31-27(33)35-24-18-22-9-7-10-23(19-24)32(22)16-14-29(4,5)20-28(2,3)13-8-15-30/h11-12,17,22-24H,7-10,13-16,18-20,30H2,1-6H3,(H,31,33). The molecular weight excluding hydrogens is 438 g/mol. The van der Waals surface area contributed by atoms with Crippen LogP contribution in [0.2, 0.25) is 0 Å². The van der Waals surface area contributed by atoms with Crippen LogP contribution in [0.3, 0.4) is 0 Å². The summed E-state index contributed by atoms with van der Waals surface area (Å²) in [5, 5.41) is 2.90. The molecule has 0 aliphatic carbocycles. The second-order valence-electron chi connectivity index (χ2n) is 12.5. The highest BCUT2D eigenvalue weighted by atomic mass is 16.6. The summed E-state index contributed by atoms with van der Waals surface area (Å²) in [5.74, 6) is 0.646. The topological polar surface area (TPSA) is 76.8 Å². The van der Waals surface area contributed by atoms with E-state index in [-0.39, 0.29) is 12.2 Å². The van der Waals surface area contributed by atoms with Crippen molar-refractivity contribution in [1.82, 2.24) is 4.90 Å². The lowest BCUT2D eigenvalue weighted by molar-refractivity contribution is -0.0359. The van der Waals surface area contributed by atoms with Gasteiger partial charge in [0.2, 0.25) is 0 Å². The first-order chi connectivity index (χ1) is 16.5. The van der Waals surface area contributed by atoms with Crippen LogP contribution in [-0.4, -0.2) is 49.4 Å². The zero-order valence-electron chi connectivity index (χ0n) is 23.0. The number of rotatable bonds is 11. The Kier molecular flexibility index (Phi) is 9.50. The molecule has 1 aromatic rings. The fraction of sp³-hybridized carbons (Fsp3) is 0.759. The Balaban J connectivity index is 1.53. The molecule has 6 nitrogen and oxygen atoms in total. The number of nitrogens with two attached hydrogens (primary N) is 1. The van der Waals surface area contributed by atoms with Gasteiger partial charge in [-0.15, -0.1) is 0 Å². The molecule has 2 saturated heterocycles. The number of amides is 1. The molecule has 2 aliphatic rings. The maximum atomic E-state index is 12.7. The van der Waals surface area contributed by atoms with E-state index in [2.05, 4.69) is 37.9 Å². The van der Waals surface area contributed by atoms with Crippen molar-refractivity contribution in [2.45, 2.75) is 111 Å². The monoisotopic (exact) mass is 487 g/mol. The molecule has 2 atom stereocenters. The van der Waals surface area contributed by atoms with Gasteiger partial charge in [-0.05, 0) is 87.1 Å². The third-order valence-electron chi connectivity index (χ3n) is 8.01. The van der Waals surface area contributed by atoms with Crippen molar-refractivity contribution in [3.8, 4) is 5.75 Å². The van der Waals surface area contributed by atoms with Crippen LogP contribution in [0.1, 0.15) is 91.0 Å². The van der Waals surface area contributed by atoms with E-state index in [1.807, 2.05) is 25.1 Å². The van der Waals surface area contributed by atoms with Crippen LogP contribution in [0.5, 0.6) is 5.75 Å². The van der Waals surface area contributed by atoms with Crippen LogP contribution in [-0.2, 0) is 4.74 Å². The second kappa shape index (κ2) is 12.0. The number of aryl methyl sites for hydroxylation is 1. The van der Waals surface area contributed by atoms with Crippen LogP contribution in [0, 0.1) is 17.8 Å². The minimum Gasteiger partial charge on any atom is -0.495 e. The lowest BCUT2D eigenvalue weighted by Gasteiger charge is -2.49. The first-order valence-electron chi connectivity index (χ1n) is 13.6. The molecule has 2 heterocycles. The molecule has 1 aromatic carbocycles. The average Bonchev–Trinajstić information content (AvgIpc) is 2.75. The highest BCUT2D eigenvalue weighted by Crippen LogP contribution is 2.41. The molecule has 3 rings (SSSR count). The van der Waals surface area contributed by atoms with Gasteiger partial charge in [-0.25, -0.2) is 4.79 Å². The van der Waals surface area contributed by atoms with Crippen molar-refractivity contribution in [3.05, 3.63) is 23.8 Å². The van der Waals surface area contributed by atoms with Crippen LogP contribution in [0.15, 0.2) is 18.2 Å². The summed E-state index contributed by atoms with van der Waals surface area (Å²) < 4.78 is 11.3. The summed E-state index contributed by atoms with van der Waals surface area (Å²) >= 11 is 0. The number of piperidine rings is 2. The fourth-order valence-corrected chi connectivity index (χ4v) is 6.58. The van der Waals surface area contributed by atoms with Gasteiger partial charge in [0.15, 0.2) is 0 Å². The third-order valence-corrected chi connectivity index (χ3v) is 8.01. The SMILES string of the molecule is COc1ccc(C)cc1NC(=O)OC1CC2CCCC(C1)N2CCC(C)(C)CC(C)(C)CCCN. The summed E-state index contributed by atoms with van der Waals surface area (Å²) in [6, 6.07) is 6.77. The second-order valence-corrected chi connectivity index (χ2v) is 12.5. The Bertz CT molecular complexity index is 824. The summed E-state index contributed by atoms with van der Waals surface area (Å²) in [4.78, 5) is 15.5. The number of hydrogen-bond acceptors (Lipinski definition) is 5. The number of nitrogens with one attached hydrogen (secondary N) is 1. The maximum Gasteiger partial charge on any atom is 0.412 e. The van der Waals surface area contributed by atoms with E-state index in [9.17, 15) is 4.79 Å². The van der Waals surface area contributed by atoms with E-state index >= 15 is 0 Å². The number of anilines is 1. The van der Waals surface area contributed by atoms with Crippen molar-refractivity contribution in [2.75, 3.05) is 25.5 Å². The maximum absolute atomic E-state index is 12.7. The first kappa shape index (κ1) is 27.8. The highest BCUT2D eigenvalue weighted by Gasteiger charge is 2.40. The van der Waals surface area contributed by atoms with E-state index in [1.165, 1.54) is 38.5 Å². The van der Waals surface area contributed by atoms with Crippen molar-refractivity contribution in [2.24, 2.45) is 16.6 Å². The number of nitrogens with zero attached hydrogens (tertiary/aromatic N) is 1. The Hall–Kier alpha value is -1.79. The van der Waals surface area contributed by atoms with E-state index in [1.54, 1.807) is 7.11 Å². The number of carbonyl (C=O) groups is 1. The molecule has 1 amide bonds. The molecule has 35 heavy (non-hydrogen) atoms. The number of hydrogen-bond donors (Lipinski definition) is 2. The van der Waals surface area contributed by atoms with Crippen molar-refractivity contribution in [1.29, 1.82) is 0 Å². The van der Waals surface area contributed by atoms with Crippen LogP contribution in [0.25, 0.3) is 0 Å². The lowest BCUT2D eigenvalue weighted by Crippen LogP contribution is -2.55. The summed E-state index contributed by atoms with van der Waals surface area (Å²) in [6.07, 6.45) is 9.84. The van der Waals surface area contributed by atoms with Crippen molar-refractivity contribution < 1.29 is 14.3 Å². The van der Waals surface area contributed by atoms with Gasteiger partial charge in [0.1, 0.15) is 11.9 Å². The van der Waals surface area contributed by atoms with Gasteiger partial charge >= 0.3 is 6.09 Å². The number of carbonyl (C=O) groups excluding carboxylic acids is 1. The Labute approximate surface area is 213 Å². The van der Waals surface area contributed by atoms with Gasteiger partial charge in [-0.1, -0.05) is 40.2 Å². The molecule has 2 aliphatic heterocycles. The van der Waals surface area contributed by atoms with Crippen molar-refractivity contribution in [3.63, 3.8) is 0 Å². The van der Waals surface area contributed by atoms with E-state index in [0.717, 1.165) is 37.9 Å². The molecule has 0 spiro atoms. The Morgan fingerprint density at radius 2 is 1.77 bits per heavy atom. The number of ether oxygens (including phenoxy) is 2. The molecule has 0 aromatic heterocycles. The van der Waals surface area contributed by atoms with Gasteiger partial charge in [0, 0.05) is 24.9 Å². The minimum absolute atomic E-state index is 0.0273. The van der Waals surface area contributed by atoms with Gasteiger partial charge in [0.25, 0.3) is 0 Å². The minimum atomic E-state index is -0.383. The largest absolute Gasteiger partial charge is 0.495 e. The van der Waals surface area contributed by atoms with Crippen LogP contribution < -0.4 is 15.8 Å². The molecule has 6 heteroatoms. The third kappa shape index (κ3) is 8.11. The van der Waals surface area contributed by atoms with Gasteiger partial charge in [-0.2, -0.15) is 0 Å². The summed E-state index contributed by atoms with van der Waals surface area (Å²) in [5.41, 5.74) is 8.11. The molecule has 2 fully saturated rings. The number of fused-ring (bicyclic) bond motifs is 2. The Morgan fingerprint density at radius 1 is 1.11 bits per heavy atom. The number of methoxy groups -OCH3 is 1. The van der Waals surface area contributed by atoms with Gasteiger partial charge < -0.3 is 15.2 Å². The highest BCUT2D eigenvalue weighted by molar-refractivity contribution is 5.87. The van der Waals surface area contributed by atoms with Gasteiger partial charge in [-0.3, -0.25) is 10.2 Å². The van der Waals surface area contributed by atoms with E-state index in [0.29, 0.717) is 34.4 Å². The molecule has 2 bridgehead atoms. The Morgan fingerprint density at radius 3 is 2.40 bits per heavy atom. The average molecular weight is 488 g/mol. The van der Waals surface area contributed by atoms with Crippen LogP contribution >= 0.6 is 0 Å². The van der Waals surface area contributed by atoms with E-state index < -0.39 is 0 Å². The van der Waals surface area contributed by atoms with Crippen LogP contribution in [0.4, 0.5) is 10.5 Å². The predicted octanol–water partition coefficient (Wildman–Crippen LogP) is 6.51. The predicted molar refractivity (Wildman–Crippen MR) is 144 cm³/mol. The quantitative estimate of drug-likeness (QED) is 0.372. The van der Waals surface area contributed by atoms with Gasteiger partial charge in [0.05, 0.1) is 12.8 Å². The molecule has 0 saturated carbocycles. The van der Waals surface area contributed by atoms with Crippen molar-refractivity contribution >= 4 is 11.8 Å².